The lowest BCUT2D eigenvalue weighted by molar-refractivity contribution is 0.0933. The minimum Gasteiger partial charge on any atom is -0.378 e. The fraction of sp³-hybridized carbons (Fsp3) is 0.300. The van der Waals surface area contributed by atoms with E-state index in [9.17, 15) is 4.79 Å². The first-order valence-electron chi connectivity index (χ1n) is 8.80. The molecule has 1 atom stereocenters. The summed E-state index contributed by atoms with van der Waals surface area (Å²) < 4.78 is 2.18. The van der Waals surface area contributed by atoms with Crippen LogP contribution in [0.4, 0.5) is 5.69 Å². The van der Waals surface area contributed by atoms with Gasteiger partial charge < -0.3 is 14.8 Å². The number of hydrogen-bond acceptors (Lipinski definition) is 4. The van der Waals surface area contributed by atoms with E-state index in [1.807, 2.05) is 37.9 Å². The summed E-state index contributed by atoms with van der Waals surface area (Å²) in [6.07, 6.45) is 3.87. The third kappa shape index (κ3) is 3.12. The zero-order valence-corrected chi connectivity index (χ0v) is 15.8. The molecule has 26 heavy (non-hydrogen) atoms. The lowest BCUT2D eigenvalue weighted by Gasteiger charge is -2.26. The highest BCUT2D eigenvalue weighted by atomic mass is 32.1. The predicted molar refractivity (Wildman–Crippen MR) is 106 cm³/mol. The largest absolute Gasteiger partial charge is 0.378 e. The molecule has 0 unspecified atom stereocenters. The Morgan fingerprint density at radius 1 is 1.27 bits per heavy atom. The van der Waals surface area contributed by atoms with E-state index in [-0.39, 0.29) is 11.9 Å². The van der Waals surface area contributed by atoms with Gasteiger partial charge in [0.2, 0.25) is 0 Å². The highest BCUT2D eigenvalue weighted by Crippen LogP contribution is 2.34. The molecule has 0 saturated heterocycles. The Labute approximate surface area is 157 Å². The maximum Gasteiger partial charge on any atom is 0.261 e. The summed E-state index contributed by atoms with van der Waals surface area (Å²) in [7, 11) is 4.06. The van der Waals surface area contributed by atoms with E-state index in [0.29, 0.717) is 0 Å². The van der Waals surface area contributed by atoms with Crippen LogP contribution in [0.1, 0.15) is 34.2 Å². The van der Waals surface area contributed by atoms with Gasteiger partial charge in [0.25, 0.3) is 5.91 Å². The van der Waals surface area contributed by atoms with Gasteiger partial charge in [-0.3, -0.25) is 4.79 Å². The number of carbonyl (C=O) groups is 1. The van der Waals surface area contributed by atoms with Crippen molar-refractivity contribution in [2.45, 2.75) is 25.4 Å². The number of thiophene rings is 1. The fourth-order valence-electron chi connectivity index (χ4n) is 3.46. The van der Waals surface area contributed by atoms with Crippen molar-refractivity contribution >= 4 is 22.9 Å². The molecule has 6 heteroatoms. The molecule has 134 valence electrons. The number of imidazole rings is 1. The van der Waals surface area contributed by atoms with Crippen LogP contribution in [0.2, 0.25) is 0 Å². The fourth-order valence-corrected chi connectivity index (χ4v) is 4.08. The van der Waals surface area contributed by atoms with Crippen molar-refractivity contribution in [1.82, 2.24) is 14.9 Å². The van der Waals surface area contributed by atoms with Gasteiger partial charge in [-0.25, -0.2) is 4.98 Å². The molecule has 0 spiro atoms. The maximum absolute atomic E-state index is 12.5. The Morgan fingerprint density at radius 3 is 2.77 bits per heavy atom. The Balaban J connectivity index is 1.65. The van der Waals surface area contributed by atoms with Crippen LogP contribution in [0.5, 0.6) is 0 Å². The summed E-state index contributed by atoms with van der Waals surface area (Å²) in [6.45, 7) is 0.948. The smallest absolute Gasteiger partial charge is 0.261 e. The summed E-state index contributed by atoms with van der Waals surface area (Å²) in [5, 5.41) is 5.13. The second kappa shape index (κ2) is 6.96. The van der Waals surface area contributed by atoms with Gasteiger partial charge in [-0.1, -0.05) is 18.2 Å². The van der Waals surface area contributed by atoms with Crippen molar-refractivity contribution < 1.29 is 4.79 Å². The van der Waals surface area contributed by atoms with Crippen LogP contribution in [0.15, 0.2) is 48.1 Å². The normalized spacial score (nSPS) is 16.2. The number of benzene rings is 1. The molecule has 0 fully saturated rings. The van der Waals surface area contributed by atoms with Gasteiger partial charge in [-0.2, -0.15) is 0 Å². The molecular formula is C20H22N4OS. The van der Waals surface area contributed by atoms with Gasteiger partial charge in [0.1, 0.15) is 0 Å². The van der Waals surface area contributed by atoms with Gasteiger partial charge in [-0.15, -0.1) is 11.3 Å². The number of carbonyl (C=O) groups excluding carboxylic acids is 1. The molecule has 0 radical (unpaired) electrons. The first-order chi connectivity index (χ1) is 12.6. The summed E-state index contributed by atoms with van der Waals surface area (Å²) in [5.74, 6) is -0.00597. The highest BCUT2D eigenvalue weighted by molar-refractivity contribution is 7.12. The van der Waals surface area contributed by atoms with E-state index < -0.39 is 0 Å². The van der Waals surface area contributed by atoms with Gasteiger partial charge in [0.15, 0.2) is 0 Å². The third-order valence-electron chi connectivity index (χ3n) is 4.81. The molecule has 0 bridgehead atoms. The zero-order chi connectivity index (χ0) is 18.1. The molecular weight excluding hydrogens is 344 g/mol. The van der Waals surface area contributed by atoms with E-state index in [1.54, 1.807) is 0 Å². The molecule has 3 heterocycles. The number of aryl methyl sites for hydroxylation is 1. The Hall–Kier alpha value is -2.60. The molecule has 1 aromatic carbocycles. The Morgan fingerprint density at radius 2 is 2.08 bits per heavy atom. The zero-order valence-electron chi connectivity index (χ0n) is 15.0. The van der Waals surface area contributed by atoms with Crippen molar-refractivity contribution in [3.63, 3.8) is 0 Å². The lowest BCUT2D eigenvalue weighted by atomic mass is 9.98. The van der Waals surface area contributed by atoms with Crippen LogP contribution in [0.3, 0.4) is 0 Å². The summed E-state index contributed by atoms with van der Waals surface area (Å²) in [5.41, 5.74) is 4.32. The number of aromatic nitrogens is 2. The number of hydrogen-bond donors (Lipinski definition) is 1. The van der Waals surface area contributed by atoms with Gasteiger partial charge >= 0.3 is 0 Å². The molecule has 3 aromatic rings. The maximum atomic E-state index is 12.5. The average Bonchev–Trinajstić information content (AvgIpc) is 3.32. The minimum atomic E-state index is -0.00984. The first-order valence-corrected chi connectivity index (χ1v) is 9.68. The van der Waals surface area contributed by atoms with E-state index in [1.165, 1.54) is 11.3 Å². The number of anilines is 1. The number of amides is 1. The van der Waals surface area contributed by atoms with Crippen LogP contribution in [-0.2, 0) is 6.54 Å². The van der Waals surface area contributed by atoms with Gasteiger partial charge in [0, 0.05) is 31.9 Å². The number of nitrogens with one attached hydrogen (secondary N) is 1. The summed E-state index contributed by atoms with van der Waals surface area (Å²) in [4.78, 5) is 20.0. The topological polar surface area (TPSA) is 50.2 Å². The summed E-state index contributed by atoms with van der Waals surface area (Å²) >= 11 is 1.47. The number of rotatable bonds is 4. The van der Waals surface area contributed by atoms with Crippen molar-refractivity contribution in [2.75, 3.05) is 19.0 Å². The molecule has 1 amide bonds. The SMILES string of the molecule is CN(C)c1ccc(-c2ncn3c2[C@H](NC(=O)c2cccs2)CCC3)cc1. The van der Waals surface area contributed by atoms with Crippen LogP contribution in [-0.4, -0.2) is 29.6 Å². The molecule has 1 N–H and O–H groups in total. The molecule has 5 nitrogen and oxygen atoms in total. The average molecular weight is 366 g/mol. The van der Waals surface area contributed by atoms with Gasteiger partial charge in [-0.05, 0) is 36.4 Å². The molecule has 1 aliphatic rings. The number of fused-ring (bicyclic) bond motifs is 1. The first kappa shape index (κ1) is 16.8. The molecule has 4 rings (SSSR count). The lowest BCUT2D eigenvalue weighted by Crippen LogP contribution is -2.32. The molecule has 0 saturated carbocycles. The number of nitrogens with zero attached hydrogens (tertiary/aromatic N) is 3. The van der Waals surface area contributed by atoms with Crippen LogP contribution in [0.25, 0.3) is 11.3 Å². The van der Waals surface area contributed by atoms with E-state index in [0.717, 1.165) is 46.9 Å². The van der Waals surface area contributed by atoms with E-state index >= 15 is 0 Å². The third-order valence-corrected chi connectivity index (χ3v) is 5.68. The second-order valence-corrected chi connectivity index (χ2v) is 7.71. The molecule has 0 aliphatic carbocycles. The van der Waals surface area contributed by atoms with E-state index in [2.05, 4.69) is 44.0 Å². The van der Waals surface area contributed by atoms with Crippen molar-refractivity contribution in [3.05, 3.63) is 58.7 Å². The van der Waals surface area contributed by atoms with Crippen LogP contribution < -0.4 is 10.2 Å². The highest BCUT2D eigenvalue weighted by Gasteiger charge is 2.27. The molecule has 1 aliphatic heterocycles. The Kier molecular flexibility index (Phi) is 4.51. The van der Waals surface area contributed by atoms with Crippen molar-refractivity contribution in [3.8, 4) is 11.3 Å². The monoisotopic (exact) mass is 366 g/mol. The van der Waals surface area contributed by atoms with Gasteiger partial charge in [0.05, 0.1) is 28.6 Å². The summed E-state index contributed by atoms with van der Waals surface area (Å²) in [6, 6.07) is 12.2. The van der Waals surface area contributed by atoms with E-state index in [4.69, 9.17) is 0 Å². The minimum absolute atomic E-state index is 0.00597. The van der Waals surface area contributed by atoms with Crippen LogP contribution in [0, 0.1) is 0 Å². The van der Waals surface area contributed by atoms with Crippen LogP contribution >= 0.6 is 11.3 Å². The predicted octanol–water partition coefficient (Wildman–Crippen LogP) is 3.94. The van der Waals surface area contributed by atoms with Crippen molar-refractivity contribution in [2.24, 2.45) is 0 Å². The quantitative estimate of drug-likeness (QED) is 0.761. The molecule has 2 aromatic heterocycles. The standard InChI is InChI=1S/C20H22N4OS/c1-23(2)15-9-7-14(8-10-15)18-19-16(5-3-11-24(19)13-21-18)22-20(25)17-6-4-12-26-17/h4,6-10,12-13,16H,3,5,11H2,1-2H3,(H,22,25)/t16-/m1/s1. The second-order valence-electron chi connectivity index (χ2n) is 6.76. The Bertz CT molecular complexity index is 897. The van der Waals surface area contributed by atoms with Crippen molar-refractivity contribution in [1.29, 1.82) is 0 Å².